The first-order chi connectivity index (χ1) is 8.09. The average Bonchev–Trinajstić information content (AvgIpc) is 2.29. The van der Waals surface area contributed by atoms with Gasteiger partial charge in [0.25, 0.3) is 0 Å². The Hall–Kier alpha value is -0.810. The minimum atomic E-state index is -0.493. The summed E-state index contributed by atoms with van der Waals surface area (Å²) in [6.07, 6.45) is 4.15. The van der Waals surface area contributed by atoms with Crippen molar-refractivity contribution < 1.29 is 14.6 Å². The molecule has 100 valence electrons. The third kappa shape index (κ3) is 5.89. The molecule has 0 spiro atoms. The Labute approximate surface area is 103 Å². The van der Waals surface area contributed by atoms with Crippen molar-refractivity contribution in [3.8, 4) is 0 Å². The molecule has 0 aromatic heterocycles. The molecule has 1 aliphatic rings. The molecule has 2 N–H and O–H groups in total. The van der Waals surface area contributed by atoms with Gasteiger partial charge in [-0.2, -0.15) is 0 Å². The van der Waals surface area contributed by atoms with E-state index < -0.39 is 6.10 Å². The number of likely N-dealkylation sites (N-methyl/N-ethyl adjacent to an activating group) is 1. The monoisotopic (exact) mass is 244 g/mol. The van der Waals surface area contributed by atoms with Crippen molar-refractivity contribution in [2.75, 3.05) is 26.7 Å². The van der Waals surface area contributed by atoms with Gasteiger partial charge in [0.2, 0.25) is 0 Å². The number of rotatable bonds is 5. The van der Waals surface area contributed by atoms with Crippen LogP contribution in [0.4, 0.5) is 4.79 Å². The number of aliphatic hydroxyl groups excluding tert-OH is 1. The molecular formula is C12H24N2O3. The van der Waals surface area contributed by atoms with Gasteiger partial charge in [-0.05, 0) is 32.6 Å². The highest BCUT2D eigenvalue weighted by Gasteiger charge is 2.15. The van der Waals surface area contributed by atoms with Crippen molar-refractivity contribution in [2.24, 2.45) is 0 Å². The molecule has 2 unspecified atom stereocenters. The number of aliphatic hydroxyl groups is 1. The van der Waals surface area contributed by atoms with Crippen LogP contribution in [-0.4, -0.2) is 55.0 Å². The number of nitrogens with zero attached hydrogens (tertiary/aromatic N) is 1. The van der Waals surface area contributed by atoms with Gasteiger partial charge < -0.3 is 20.1 Å². The lowest BCUT2D eigenvalue weighted by Crippen LogP contribution is -2.41. The number of nitrogens with one attached hydrogen (secondary N) is 1. The number of carbonyl (C=O) groups excluding carboxylic acids is 1. The molecule has 1 rings (SSSR count). The Morgan fingerprint density at radius 1 is 1.59 bits per heavy atom. The van der Waals surface area contributed by atoms with Crippen molar-refractivity contribution >= 4 is 6.03 Å². The Kier molecular flexibility index (Phi) is 6.29. The molecule has 0 saturated carbocycles. The molecule has 1 fully saturated rings. The predicted molar refractivity (Wildman–Crippen MR) is 65.9 cm³/mol. The molecule has 1 heterocycles. The van der Waals surface area contributed by atoms with Gasteiger partial charge in [0.05, 0.1) is 12.2 Å². The first-order valence-corrected chi connectivity index (χ1v) is 6.38. The highest BCUT2D eigenvalue weighted by molar-refractivity contribution is 5.73. The number of ether oxygens (including phenoxy) is 1. The SMILES string of the molecule is CC(O)CN(C)C(=O)NCCC1CCCCO1. The van der Waals surface area contributed by atoms with Crippen LogP contribution in [0.1, 0.15) is 32.6 Å². The van der Waals surface area contributed by atoms with Crippen LogP contribution in [0.2, 0.25) is 0 Å². The van der Waals surface area contributed by atoms with E-state index in [1.54, 1.807) is 14.0 Å². The summed E-state index contributed by atoms with van der Waals surface area (Å²) in [5, 5.41) is 12.0. The smallest absolute Gasteiger partial charge is 0.317 e. The van der Waals surface area contributed by atoms with Crippen LogP contribution in [0.5, 0.6) is 0 Å². The number of hydrogen-bond donors (Lipinski definition) is 2. The zero-order valence-corrected chi connectivity index (χ0v) is 10.8. The molecule has 0 aromatic carbocycles. The van der Waals surface area contributed by atoms with Crippen LogP contribution in [-0.2, 0) is 4.74 Å². The fourth-order valence-electron chi connectivity index (χ4n) is 1.99. The Morgan fingerprint density at radius 3 is 2.94 bits per heavy atom. The summed E-state index contributed by atoms with van der Waals surface area (Å²) in [5.74, 6) is 0. The van der Waals surface area contributed by atoms with Crippen LogP contribution >= 0.6 is 0 Å². The standard InChI is InChI=1S/C12H24N2O3/c1-10(15)9-14(2)12(16)13-7-6-11-5-3-4-8-17-11/h10-11,15H,3-9H2,1-2H3,(H,13,16). The second-order valence-corrected chi connectivity index (χ2v) is 4.74. The fraction of sp³-hybridized carbons (Fsp3) is 0.917. The maximum atomic E-state index is 11.6. The highest BCUT2D eigenvalue weighted by Crippen LogP contribution is 2.14. The van der Waals surface area contributed by atoms with E-state index in [0.29, 0.717) is 19.2 Å². The number of urea groups is 1. The van der Waals surface area contributed by atoms with Crippen molar-refractivity contribution in [3.05, 3.63) is 0 Å². The molecule has 0 aliphatic carbocycles. The number of hydrogen-bond acceptors (Lipinski definition) is 3. The maximum Gasteiger partial charge on any atom is 0.317 e. The molecule has 1 saturated heterocycles. The second kappa shape index (κ2) is 7.50. The summed E-state index contributed by atoms with van der Waals surface area (Å²) in [7, 11) is 1.68. The van der Waals surface area contributed by atoms with Crippen molar-refractivity contribution in [2.45, 2.75) is 44.8 Å². The van der Waals surface area contributed by atoms with Gasteiger partial charge in [-0.1, -0.05) is 0 Å². The second-order valence-electron chi connectivity index (χ2n) is 4.74. The minimum absolute atomic E-state index is 0.137. The van der Waals surface area contributed by atoms with E-state index >= 15 is 0 Å². The van der Waals surface area contributed by atoms with E-state index in [-0.39, 0.29) is 6.03 Å². The van der Waals surface area contributed by atoms with Crippen LogP contribution in [0, 0.1) is 0 Å². The number of amides is 2. The lowest BCUT2D eigenvalue weighted by Gasteiger charge is -2.23. The molecule has 2 atom stereocenters. The normalized spacial score (nSPS) is 21.9. The molecule has 1 aliphatic heterocycles. The molecule has 17 heavy (non-hydrogen) atoms. The van der Waals surface area contributed by atoms with Crippen molar-refractivity contribution in [3.63, 3.8) is 0 Å². The van der Waals surface area contributed by atoms with Gasteiger partial charge in [0, 0.05) is 26.7 Å². The van der Waals surface area contributed by atoms with Crippen LogP contribution < -0.4 is 5.32 Å². The molecule has 2 amide bonds. The summed E-state index contributed by atoms with van der Waals surface area (Å²) in [5.41, 5.74) is 0. The first kappa shape index (κ1) is 14.3. The molecule has 0 aromatic rings. The summed E-state index contributed by atoms with van der Waals surface area (Å²) in [4.78, 5) is 13.1. The summed E-state index contributed by atoms with van der Waals surface area (Å²) < 4.78 is 5.58. The highest BCUT2D eigenvalue weighted by atomic mass is 16.5. The lowest BCUT2D eigenvalue weighted by molar-refractivity contribution is 0.0118. The molecular weight excluding hydrogens is 220 g/mol. The molecule has 5 nitrogen and oxygen atoms in total. The zero-order valence-electron chi connectivity index (χ0n) is 10.8. The Morgan fingerprint density at radius 2 is 2.35 bits per heavy atom. The number of carbonyl (C=O) groups is 1. The van der Waals surface area contributed by atoms with Gasteiger partial charge in [0.15, 0.2) is 0 Å². The van der Waals surface area contributed by atoms with E-state index in [1.165, 1.54) is 11.3 Å². The van der Waals surface area contributed by atoms with E-state index in [9.17, 15) is 4.79 Å². The van der Waals surface area contributed by atoms with E-state index in [1.807, 2.05) is 0 Å². The molecule has 0 bridgehead atoms. The largest absolute Gasteiger partial charge is 0.392 e. The quantitative estimate of drug-likeness (QED) is 0.757. The van der Waals surface area contributed by atoms with Gasteiger partial charge in [-0.3, -0.25) is 0 Å². The van der Waals surface area contributed by atoms with Gasteiger partial charge in [-0.25, -0.2) is 4.79 Å². The van der Waals surface area contributed by atoms with Gasteiger partial charge in [0.1, 0.15) is 0 Å². The summed E-state index contributed by atoms with van der Waals surface area (Å²) in [6, 6.07) is -0.137. The van der Waals surface area contributed by atoms with Crippen LogP contribution in [0.15, 0.2) is 0 Å². The third-order valence-electron chi connectivity index (χ3n) is 2.90. The minimum Gasteiger partial charge on any atom is -0.392 e. The van der Waals surface area contributed by atoms with Gasteiger partial charge in [-0.15, -0.1) is 0 Å². The van der Waals surface area contributed by atoms with Gasteiger partial charge >= 0.3 is 6.03 Å². The third-order valence-corrected chi connectivity index (χ3v) is 2.90. The first-order valence-electron chi connectivity index (χ1n) is 6.38. The molecule has 0 radical (unpaired) electrons. The summed E-state index contributed by atoms with van der Waals surface area (Å²) in [6.45, 7) is 3.50. The average molecular weight is 244 g/mol. The fourth-order valence-corrected chi connectivity index (χ4v) is 1.99. The van der Waals surface area contributed by atoms with E-state index in [4.69, 9.17) is 9.84 Å². The van der Waals surface area contributed by atoms with Crippen molar-refractivity contribution in [1.29, 1.82) is 0 Å². The lowest BCUT2D eigenvalue weighted by atomic mass is 10.1. The predicted octanol–water partition coefficient (Wildman–Crippen LogP) is 0.968. The Balaban J connectivity index is 2.10. The zero-order chi connectivity index (χ0) is 12.7. The summed E-state index contributed by atoms with van der Waals surface area (Å²) >= 11 is 0. The van der Waals surface area contributed by atoms with E-state index in [0.717, 1.165) is 25.9 Å². The maximum absolute atomic E-state index is 11.6. The van der Waals surface area contributed by atoms with Crippen LogP contribution in [0.3, 0.4) is 0 Å². The van der Waals surface area contributed by atoms with Crippen LogP contribution in [0.25, 0.3) is 0 Å². The van der Waals surface area contributed by atoms with E-state index in [2.05, 4.69) is 5.32 Å². The Bertz CT molecular complexity index is 228. The van der Waals surface area contributed by atoms with Crippen molar-refractivity contribution in [1.82, 2.24) is 10.2 Å². The topological polar surface area (TPSA) is 61.8 Å². The molecule has 5 heteroatoms.